The Bertz CT molecular complexity index is 26.3. The smallest absolute Gasteiger partial charge is 0.0287 e. The lowest BCUT2D eigenvalue weighted by Crippen LogP contribution is -1.35. The minimum Gasteiger partial charge on any atom is -0.149 e. The van der Waals surface area contributed by atoms with E-state index in [0.29, 0.717) is 0 Å². The zero-order valence-corrected chi connectivity index (χ0v) is 3.55. The van der Waals surface area contributed by atoms with Gasteiger partial charge in [-0.2, -0.15) is 0 Å². The fourth-order valence-corrected chi connectivity index (χ4v) is 0. The standard InChI is InChI=1S/C3H6S/c1-3(2)4/h4H,1H2,2H3. The van der Waals surface area contributed by atoms with E-state index in [4.69, 9.17) is 0 Å². The molecule has 0 unspecified atom stereocenters. The van der Waals surface area contributed by atoms with Gasteiger partial charge in [-0.25, -0.2) is 0 Å². The molecule has 0 N–H and O–H groups in total. The monoisotopic (exact) mass is 74.0 g/mol. The summed E-state index contributed by atoms with van der Waals surface area (Å²) >= 11 is 3.77. The van der Waals surface area contributed by atoms with Crippen LogP contribution in [0.1, 0.15) is 6.92 Å². The van der Waals surface area contributed by atoms with E-state index in [1.165, 1.54) is 0 Å². The zero-order valence-electron chi connectivity index (χ0n) is 2.65. The Morgan fingerprint density at radius 1 is 2.00 bits per heavy atom. The fourth-order valence-electron chi connectivity index (χ4n) is 0. The molecule has 0 heterocycles. The predicted octanol–water partition coefficient (Wildman–Crippen LogP) is 1.45. The van der Waals surface area contributed by atoms with Crippen LogP contribution in [0, 0.1) is 0 Å². The predicted molar refractivity (Wildman–Crippen MR) is 23.8 cm³/mol. The Morgan fingerprint density at radius 2 is 2.00 bits per heavy atom. The molecule has 0 fully saturated rings. The molecule has 0 aliphatic rings. The van der Waals surface area contributed by atoms with Gasteiger partial charge in [0.1, 0.15) is 0 Å². The first kappa shape index (κ1) is 4.09. The van der Waals surface area contributed by atoms with E-state index in [2.05, 4.69) is 19.2 Å². The molecule has 0 atom stereocenters. The molecule has 0 bridgehead atoms. The summed E-state index contributed by atoms with van der Waals surface area (Å²) in [4.78, 5) is 0.861. The lowest BCUT2D eigenvalue weighted by atomic mass is 10.8. The van der Waals surface area contributed by atoms with Crippen molar-refractivity contribution < 1.29 is 0 Å². The summed E-state index contributed by atoms with van der Waals surface area (Å²) in [5, 5.41) is 0. The van der Waals surface area contributed by atoms with E-state index < -0.39 is 0 Å². The van der Waals surface area contributed by atoms with Crippen LogP contribution in [0.2, 0.25) is 0 Å². The van der Waals surface area contributed by atoms with Crippen LogP contribution in [0.3, 0.4) is 0 Å². The van der Waals surface area contributed by atoms with Crippen molar-refractivity contribution in [2.45, 2.75) is 6.92 Å². The highest BCUT2D eigenvalue weighted by Crippen LogP contribution is 1.86. The van der Waals surface area contributed by atoms with Gasteiger partial charge in [0.25, 0.3) is 0 Å². The molecule has 0 radical (unpaired) electrons. The molecule has 0 aromatic heterocycles. The molecule has 24 valence electrons. The van der Waals surface area contributed by atoms with E-state index in [-0.39, 0.29) is 0 Å². The van der Waals surface area contributed by atoms with Gasteiger partial charge in [0.05, 0.1) is 0 Å². The third kappa shape index (κ3) is 307. The maximum atomic E-state index is 3.77. The molecule has 0 saturated heterocycles. The second-order valence-electron chi connectivity index (χ2n) is 0.735. The lowest BCUT2D eigenvalue weighted by molar-refractivity contribution is 1.74. The maximum Gasteiger partial charge on any atom is -0.0287 e. The first-order valence-electron chi connectivity index (χ1n) is 1.08. The van der Waals surface area contributed by atoms with Crippen molar-refractivity contribution in [2.24, 2.45) is 0 Å². The van der Waals surface area contributed by atoms with Crippen molar-refractivity contribution in [1.29, 1.82) is 0 Å². The minimum absolute atomic E-state index is 0.861. The van der Waals surface area contributed by atoms with E-state index in [9.17, 15) is 0 Å². The molecule has 4 heavy (non-hydrogen) atoms. The molecule has 0 aliphatic heterocycles. The quantitative estimate of drug-likeness (QED) is 0.413. The van der Waals surface area contributed by atoms with Crippen molar-refractivity contribution >= 4 is 12.6 Å². The number of hydrogen-bond donors (Lipinski definition) is 1. The molecular weight excluding hydrogens is 68.1 g/mol. The Labute approximate surface area is 31.9 Å². The highest BCUT2D eigenvalue weighted by molar-refractivity contribution is 7.84. The molecule has 0 spiro atoms. The molecular formula is C3H6S. The number of hydrogen-bond acceptors (Lipinski definition) is 1. The first-order valence-corrected chi connectivity index (χ1v) is 1.52. The summed E-state index contributed by atoms with van der Waals surface area (Å²) in [7, 11) is 0. The zero-order chi connectivity index (χ0) is 3.58. The molecule has 0 aliphatic carbocycles. The third-order valence-corrected chi connectivity index (χ3v) is 0. The summed E-state index contributed by atoms with van der Waals surface area (Å²) in [5.74, 6) is 0. The largest absolute Gasteiger partial charge is 0.149 e. The molecule has 0 rings (SSSR count). The van der Waals surface area contributed by atoms with Crippen LogP contribution < -0.4 is 0 Å². The van der Waals surface area contributed by atoms with Gasteiger partial charge in [-0.3, -0.25) is 0 Å². The molecule has 0 amide bonds. The van der Waals surface area contributed by atoms with Crippen LogP contribution in [0.15, 0.2) is 11.5 Å². The number of allylic oxidation sites excluding steroid dienone is 1. The third-order valence-electron chi connectivity index (χ3n) is 0. The Hall–Kier alpha value is 0.0900. The van der Waals surface area contributed by atoms with Crippen molar-refractivity contribution in [1.82, 2.24) is 0 Å². The number of thiol groups is 1. The second-order valence-corrected chi connectivity index (χ2v) is 1.50. The van der Waals surface area contributed by atoms with Crippen molar-refractivity contribution in [3.63, 3.8) is 0 Å². The van der Waals surface area contributed by atoms with Gasteiger partial charge in [0.15, 0.2) is 0 Å². The van der Waals surface area contributed by atoms with Crippen LogP contribution in [-0.2, 0) is 0 Å². The topological polar surface area (TPSA) is 0 Å². The average Bonchev–Trinajstić information content (AvgIpc) is 0.811. The van der Waals surface area contributed by atoms with Gasteiger partial charge in [0, 0.05) is 0 Å². The van der Waals surface area contributed by atoms with E-state index >= 15 is 0 Å². The Morgan fingerprint density at radius 3 is 2.00 bits per heavy atom. The molecule has 0 aromatic carbocycles. The molecule has 0 saturated carbocycles. The summed E-state index contributed by atoms with van der Waals surface area (Å²) in [6, 6.07) is 0. The highest BCUT2D eigenvalue weighted by Gasteiger charge is 1.52. The number of rotatable bonds is 0. The van der Waals surface area contributed by atoms with Gasteiger partial charge < -0.3 is 0 Å². The fraction of sp³-hybridized carbons (Fsp3) is 0.333. The van der Waals surface area contributed by atoms with Crippen molar-refractivity contribution in [2.75, 3.05) is 0 Å². The second kappa shape index (κ2) is 1.41. The van der Waals surface area contributed by atoms with Crippen LogP contribution in [-0.4, -0.2) is 0 Å². The van der Waals surface area contributed by atoms with Crippen LogP contribution in [0.4, 0.5) is 0 Å². The summed E-state index contributed by atoms with van der Waals surface area (Å²) in [6.45, 7) is 5.26. The molecule has 1 heteroatoms. The minimum atomic E-state index is 0.861. The molecule has 0 nitrogen and oxygen atoms in total. The van der Waals surface area contributed by atoms with Crippen LogP contribution in [0.5, 0.6) is 0 Å². The molecule has 0 aromatic rings. The van der Waals surface area contributed by atoms with Gasteiger partial charge >= 0.3 is 0 Å². The van der Waals surface area contributed by atoms with E-state index in [0.717, 1.165) is 4.91 Å². The Balaban J connectivity index is 2.80. The lowest BCUT2D eigenvalue weighted by Gasteiger charge is -1.64. The van der Waals surface area contributed by atoms with Gasteiger partial charge in [0.2, 0.25) is 0 Å². The Kier molecular flexibility index (Phi) is 1.45. The summed E-state index contributed by atoms with van der Waals surface area (Å²) in [5.41, 5.74) is 0. The van der Waals surface area contributed by atoms with E-state index in [1.807, 2.05) is 6.92 Å². The van der Waals surface area contributed by atoms with E-state index in [1.54, 1.807) is 0 Å². The first-order chi connectivity index (χ1) is 1.73. The summed E-state index contributed by atoms with van der Waals surface area (Å²) in [6.07, 6.45) is 0. The van der Waals surface area contributed by atoms with Crippen molar-refractivity contribution in [3.05, 3.63) is 11.5 Å². The normalized spacial score (nSPS) is 6.50. The van der Waals surface area contributed by atoms with Gasteiger partial charge in [-0.15, -0.1) is 12.6 Å². The summed E-state index contributed by atoms with van der Waals surface area (Å²) < 4.78 is 0. The SMILES string of the molecule is C=C(C)S. The van der Waals surface area contributed by atoms with Crippen LogP contribution >= 0.6 is 12.6 Å². The van der Waals surface area contributed by atoms with Gasteiger partial charge in [-0.05, 0) is 11.8 Å². The average molecular weight is 74.1 g/mol. The highest BCUT2D eigenvalue weighted by atomic mass is 32.1. The van der Waals surface area contributed by atoms with Gasteiger partial charge in [-0.1, -0.05) is 6.58 Å². The van der Waals surface area contributed by atoms with Crippen LogP contribution in [0.25, 0.3) is 0 Å². The maximum absolute atomic E-state index is 3.77. The van der Waals surface area contributed by atoms with Crippen molar-refractivity contribution in [3.8, 4) is 0 Å².